The van der Waals surface area contributed by atoms with Crippen LogP contribution in [0.25, 0.3) is 0 Å². The number of benzene rings is 2. The molecule has 0 atom stereocenters. The summed E-state index contributed by atoms with van der Waals surface area (Å²) >= 11 is 6.13. The number of halogens is 1. The molecular weight excluding hydrogens is 368 g/mol. The molecule has 0 bridgehead atoms. The number of nitrogens with one attached hydrogen (secondary N) is 2. The summed E-state index contributed by atoms with van der Waals surface area (Å²) in [6, 6.07) is 10.8. The number of methoxy groups -OCH3 is 1. The normalized spacial score (nSPS) is 10.2. The molecule has 2 N–H and O–H groups in total. The standard InChI is InChI=1S/C20H25ClN2O4/c1-14-12-18(13-15(2)19(14)21)27-11-9-23-20(24)22-8-10-26-17-6-4-16(25-3)5-7-17/h4-7,12-13H,8-11H2,1-3H3,(H2,22,23,24). The number of urea groups is 1. The Balaban J connectivity index is 1.58. The van der Waals surface area contributed by atoms with E-state index in [0.717, 1.165) is 33.4 Å². The first kappa shape index (κ1) is 20.7. The topological polar surface area (TPSA) is 68.8 Å². The molecule has 0 aromatic heterocycles. The summed E-state index contributed by atoms with van der Waals surface area (Å²) < 4.78 is 16.3. The van der Waals surface area contributed by atoms with E-state index in [9.17, 15) is 4.79 Å². The van der Waals surface area contributed by atoms with Crippen LogP contribution >= 0.6 is 11.6 Å². The van der Waals surface area contributed by atoms with Gasteiger partial charge in [-0.05, 0) is 61.4 Å². The third-order valence-electron chi connectivity index (χ3n) is 3.78. The van der Waals surface area contributed by atoms with Gasteiger partial charge in [-0.15, -0.1) is 0 Å². The Hall–Kier alpha value is -2.60. The van der Waals surface area contributed by atoms with Crippen LogP contribution in [0, 0.1) is 13.8 Å². The predicted molar refractivity (Wildman–Crippen MR) is 106 cm³/mol. The highest BCUT2D eigenvalue weighted by Crippen LogP contribution is 2.25. The van der Waals surface area contributed by atoms with Crippen molar-refractivity contribution in [3.8, 4) is 17.2 Å². The molecule has 6 nitrogen and oxygen atoms in total. The third-order valence-corrected chi connectivity index (χ3v) is 4.38. The van der Waals surface area contributed by atoms with Crippen LogP contribution < -0.4 is 24.8 Å². The van der Waals surface area contributed by atoms with Crippen LogP contribution in [0.1, 0.15) is 11.1 Å². The Kier molecular flexibility index (Phi) is 8.07. The quantitative estimate of drug-likeness (QED) is 0.638. The van der Waals surface area contributed by atoms with Crippen molar-refractivity contribution < 1.29 is 19.0 Å². The summed E-state index contributed by atoms with van der Waals surface area (Å²) in [6.45, 7) is 5.40. The van der Waals surface area contributed by atoms with Crippen LogP contribution in [0.3, 0.4) is 0 Å². The van der Waals surface area contributed by atoms with E-state index < -0.39 is 0 Å². The summed E-state index contributed by atoms with van der Waals surface area (Å²) in [5.74, 6) is 2.23. The van der Waals surface area contributed by atoms with E-state index in [0.29, 0.717) is 26.3 Å². The lowest BCUT2D eigenvalue weighted by atomic mass is 10.1. The van der Waals surface area contributed by atoms with E-state index in [1.165, 1.54) is 0 Å². The molecular formula is C20H25ClN2O4. The molecule has 0 spiro atoms. The smallest absolute Gasteiger partial charge is 0.315 e. The van der Waals surface area contributed by atoms with Gasteiger partial charge >= 0.3 is 6.03 Å². The summed E-state index contributed by atoms with van der Waals surface area (Å²) in [5.41, 5.74) is 1.93. The van der Waals surface area contributed by atoms with Crippen molar-refractivity contribution in [3.05, 3.63) is 52.5 Å². The highest BCUT2D eigenvalue weighted by molar-refractivity contribution is 6.32. The SMILES string of the molecule is COc1ccc(OCCNC(=O)NCCOc2cc(C)c(Cl)c(C)c2)cc1. The molecule has 2 rings (SSSR count). The fraction of sp³-hybridized carbons (Fsp3) is 0.350. The Labute approximate surface area is 164 Å². The maximum Gasteiger partial charge on any atom is 0.315 e. The van der Waals surface area contributed by atoms with Crippen LogP contribution in [0.5, 0.6) is 17.2 Å². The van der Waals surface area contributed by atoms with Crippen molar-refractivity contribution in [1.29, 1.82) is 0 Å². The summed E-state index contributed by atoms with van der Waals surface area (Å²) in [7, 11) is 1.61. The maximum atomic E-state index is 11.7. The molecule has 146 valence electrons. The van der Waals surface area contributed by atoms with E-state index in [1.54, 1.807) is 7.11 Å². The second-order valence-corrected chi connectivity index (χ2v) is 6.30. The largest absolute Gasteiger partial charge is 0.497 e. The third kappa shape index (κ3) is 6.90. The molecule has 0 saturated carbocycles. The lowest BCUT2D eigenvalue weighted by Gasteiger charge is -2.11. The minimum Gasteiger partial charge on any atom is -0.497 e. The number of carbonyl (C=O) groups is 1. The lowest BCUT2D eigenvalue weighted by molar-refractivity contribution is 0.232. The van der Waals surface area contributed by atoms with Gasteiger partial charge in [0.25, 0.3) is 0 Å². The molecule has 0 saturated heterocycles. The highest BCUT2D eigenvalue weighted by atomic mass is 35.5. The van der Waals surface area contributed by atoms with Gasteiger partial charge in [-0.1, -0.05) is 11.6 Å². The van der Waals surface area contributed by atoms with Gasteiger partial charge in [0, 0.05) is 5.02 Å². The molecule has 0 radical (unpaired) electrons. The van der Waals surface area contributed by atoms with E-state index in [-0.39, 0.29) is 6.03 Å². The first-order chi connectivity index (χ1) is 13.0. The molecule has 2 aromatic carbocycles. The molecule has 0 heterocycles. The summed E-state index contributed by atoms with van der Waals surface area (Å²) in [5, 5.41) is 6.21. The molecule has 0 fully saturated rings. The summed E-state index contributed by atoms with van der Waals surface area (Å²) in [4.78, 5) is 11.7. The monoisotopic (exact) mass is 392 g/mol. The van der Waals surface area contributed by atoms with E-state index in [4.69, 9.17) is 25.8 Å². The Bertz CT molecular complexity index is 727. The lowest BCUT2D eigenvalue weighted by Crippen LogP contribution is -2.39. The summed E-state index contributed by atoms with van der Waals surface area (Å²) in [6.07, 6.45) is 0. The number of amides is 2. The number of rotatable bonds is 9. The number of hydrogen-bond donors (Lipinski definition) is 2. The molecule has 7 heteroatoms. The van der Waals surface area contributed by atoms with Gasteiger partial charge in [-0.3, -0.25) is 0 Å². The van der Waals surface area contributed by atoms with E-state index in [2.05, 4.69) is 10.6 Å². The van der Waals surface area contributed by atoms with Gasteiger partial charge in [0.05, 0.1) is 20.2 Å². The van der Waals surface area contributed by atoms with Crippen LogP contribution in [0.15, 0.2) is 36.4 Å². The Morgan fingerprint density at radius 3 is 1.89 bits per heavy atom. The van der Waals surface area contributed by atoms with Gasteiger partial charge in [-0.2, -0.15) is 0 Å². The van der Waals surface area contributed by atoms with Crippen molar-refractivity contribution in [1.82, 2.24) is 10.6 Å². The number of hydrogen-bond acceptors (Lipinski definition) is 4. The highest BCUT2D eigenvalue weighted by Gasteiger charge is 2.04. The van der Waals surface area contributed by atoms with Gasteiger partial charge in [-0.25, -0.2) is 4.79 Å². The van der Waals surface area contributed by atoms with E-state index in [1.807, 2.05) is 50.2 Å². The molecule has 0 unspecified atom stereocenters. The molecule has 0 aliphatic rings. The molecule has 27 heavy (non-hydrogen) atoms. The average Bonchev–Trinajstić information content (AvgIpc) is 2.67. The first-order valence-electron chi connectivity index (χ1n) is 8.67. The van der Waals surface area contributed by atoms with Crippen LogP contribution in [0.4, 0.5) is 4.79 Å². The number of aryl methyl sites for hydroxylation is 2. The zero-order chi connectivity index (χ0) is 19.6. The van der Waals surface area contributed by atoms with Gasteiger partial charge in [0.2, 0.25) is 0 Å². The number of ether oxygens (including phenoxy) is 3. The molecule has 2 aromatic rings. The van der Waals surface area contributed by atoms with Crippen LogP contribution in [0.2, 0.25) is 5.02 Å². The fourth-order valence-electron chi connectivity index (χ4n) is 2.39. The zero-order valence-corrected chi connectivity index (χ0v) is 16.6. The van der Waals surface area contributed by atoms with Crippen LogP contribution in [-0.2, 0) is 0 Å². The van der Waals surface area contributed by atoms with Crippen molar-refractivity contribution in [2.24, 2.45) is 0 Å². The predicted octanol–water partition coefficient (Wildman–Crippen LogP) is 3.72. The fourth-order valence-corrected chi connectivity index (χ4v) is 2.50. The molecule has 0 aliphatic carbocycles. The van der Waals surface area contributed by atoms with Crippen molar-refractivity contribution >= 4 is 17.6 Å². The van der Waals surface area contributed by atoms with Gasteiger partial charge in [0.15, 0.2) is 0 Å². The number of carbonyl (C=O) groups excluding carboxylic acids is 1. The minimum atomic E-state index is -0.264. The first-order valence-corrected chi connectivity index (χ1v) is 9.05. The molecule has 2 amide bonds. The van der Waals surface area contributed by atoms with Gasteiger partial charge in [0.1, 0.15) is 30.5 Å². The van der Waals surface area contributed by atoms with Crippen molar-refractivity contribution in [2.75, 3.05) is 33.4 Å². The van der Waals surface area contributed by atoms with Crippen LogP contribution in [-0.4, -0.2) is 39.4 Å². The average molecular weight is 393 g/mol. The van der Waals surface area contributed by atoms with Crippen molar-refractivity contribution in [3.63, 3.8) is 0 Å². The van der Waals surface area contributed by atoms with Crippen molar-refractivity contribution in [2.45, 2.75) is 13.8 Å². The van der Waals surface area contributed by atoms with Gasteiger partial charge < -0.3 is 24.8 Å². The second kappa shape index (κ2) is 10.5. The Morgan fingerprint density at radius 2 is 1.37 bits per heavy atom. The maximum absolute atomic E-state index is 11.7. The second-order valence-electron chi connectivity index (χ2n) is 5.93. The Morgan fingerprint density at radius 1 is 0.889 bits per heavy atom. The molecule has 0 aliphatic heterocycles. The minimum absolute atomic E-state index is 0.264. The van der Waals surface area contributed by atoms with E-state index >= 15 is 0 Å². The zero-order valence-electron chi connectivity index (χ0n) is 15.8.